The Morgan fingerprint density at radius 3 is 2.88 bits per heavy atom. The van der Waals surface area contributed by atoms with E-state index in [-0.39, 0.29) is 11.5 Å². The van der Waals surface area contributed by atoms with Crippen molar-refractivity contribution in [2.24, 2.45) is 5.92 Å². The zero-order valence-electron chi connectivity index (χ0n) is 14.7. The highest BCUT2D eigenvalue weighted by molar-refractivity contribution is 5.84. The van der Waals surface area contributed by atoms with Crippen LogP contribution in [0.3, 0.4) is 0 Å². The molecule has 7 heteroatoms. The fraction of sp³-hybridized carbons (Fsp3) is 0.611. The Kier molecular flexibility index (Phi) is 5.22. The van der Waals surface area contributed by atoms with Gasteiger partial charge in [0, 0.05) is 50.3 Å². The molecule has 3 rings (SSSR count). The van der Waals surface area contributed by atoms with Crippen molar-refractivity contribution in [1.29, 1.82) is 0 Å². The van der Waals surface area contributed by atoms with Crippen LogP contribution in [0.15, 0.2) is 23.0 Å². The van der Waals surface area contributed by atoms with Crippen LogP contribution in [0.5, 0.6) is 0 Å². The highest BCUT2D eigenvalue weighted by Gasteiger charge is 2.34. The summed E-state index contributed by atoms with van der Waals surface area (Å²) >= 11 is 0. The number of esters is 1. The van der Waals surface area contributed by atoms with Crippen LogP contribution in [0.1, 0.15) is 31.4 Å². The molecule has 1 saturated heterocycles. The average Bonchev–Trinajstić information content (AvgIpc) is 2.60. The fourth-order valence-corrected chi connectivity index (χ4v) is 3.99. The molecule has 136 valence electrons. The molecule has 0 aromatic carbocycles. The normalized spacial score (nSPS) is 23.4. The first-order valence-electron chi connectivity index (χ1n) is 8.77. The van der Waals surface area contributed by atoms with Gasteiger partial charge in [-0.3, -0.25) is 9.59 Å². The predicted octanol–water partition coefficient (Wildman–Crippen LogP) is 0.335. The summed E-state index contributed by atoms with van der Waals surface area (Å²) in [5, 5.41) is 2.66. The van der Waals surface area contributed by atoms with E-state index in [0.717, 1.165) is 31.7 Å². The molecule has 0 spiro atoms. The standard InChI is InChI=1S/C18H25N3O4/c1-12(18(24)25-2)19-16(22)6-7-20-9-13-8-14(11-20)15-4-3-5-17(23)21(15)10-13/h3-5,12-14H,6-11H2,1-2H3,(H,19,22). The number of hydrogen-bond acceptors (Lipinski definition) is 5. The minimum Gasteiger partial charge on any atom is -0.467 e. The molecule has 0 aliphatic carbocycles. The number of aromatic nitrogens is 1. The molecule has 3 heterocycles. The number of rotatable bonds is 5. The maximum Gasteiger partial charge on any atom is 0.328 e. The van der Waals surface area contributed by atoms with Crippen molar-refractivity contribution in [1.82, 2.24) is 14.8 Å². The summed E-state index contributed by atoms with van der Waals surface area (Å²) in [6.45, 7) is 4.79. The summed E-state index contributed by atoms with van der Waals surface area (Å²) in [4.78, 5) is 37.7. The van der Waals surface area contributed by atoms with E-state index in [9.17, 15) is 14.4 Å². The number of fused-ring (bicyclic) bond motifs is 4. The SMILES string of the molecule is COC(=O)C(C)NC(=O)CCN1CC2CC(C1)c1cccc(=O)n1C2. The summed E-state index contributed by atoms with van der Waals surface area (Å²) in [5.74, 6) is 0.204. The number of nitrogens with one attached hydrogen (secondary N) is 1. The monoisotopic (exact) mass is 347 g/mol. The number of likely N-dealkylation sites (tertiary alicyclic amines) is 1. The third-order valence-electron chi connectivity index (χ3n) is 5.14. The maximum atomic E-state index is 12.0. The lowest BCUT2D eigenvalue weighted by atomic mass is 9.83. The third-order valence-corrected chi connectivity index (χ3v) is 5.14. The average molecular weight is 347 g/mol. The first-order chi connectivity index (χ1) is 12.0. The summed E-state index contributed by atoms with van der Waals surface area (Å²) in [6.07, 6.45) is 1.45. The Morgan fingerprint density at radius 1 is 1.32 bits per heavy atom. The number of piperidine rings is 1. The number of amides is 1. The first kappa shape index (κ1) is 17.7. The first-order valence-corrected chi connectivity index (χ1v) is 8.77. The number of carbonyl (C=O) groups is 2. The van der Waals surface area contributed by atoms with Crippen LogP contribution in [0.2, 0.25) is 0 Å². The molecule has 2 aliphatic heterocycles. The lowest BCUT2D eigenvalue weighted by Gasteiger charge is -2.42. The second kappa shape index (κ2) is 7.39. The molecule has 1 N–H and O–H groups in total. The Bertz CT molecular complexity index is 715. The smallest absolute Gasteiger partial charge is 0.328 e. The zero-order valence-corrected chi connectivity index (χ0v) is 14.7. The number of pyridine rings is 1. The fourth-order valence-electron chi connectivity index (χ4n) is 3.99. The van der Waals surface area contributed by atoms with Gasteiger partial charge in [0.05, 0.1) is 7.11 Å². The second-order valence-electron chi connectivity index (χ2n) is 7.02. The molecular formula is C18H25N3O4. The van der Waals surface area contributed by atoms with Gasteiger partial charge in [0.25, 0.3) is 5.56 Å². The minimum absolute atomic E-state index is 0.0804. The van der Waals surface area contributed by atoms with Gasteiger partial charge in [-0.1, -0.05) is 6.07 Å². The van der Waals surface area contributed by atoms with Crippen molar-refractivity contribution in [3.8, 4) is 0 Å². The van der Waals surface area contributed by atoms with Crippen molar-refractivity contribution < 1.29 is 14.3 Å². The number of hydrogen-bond donors (Lipinski definition) is 1. The van der Waals surface area contributed by atoms with Crippen molar-refractivity contribution in [3.05, 3.63) is 34.2 Å². The van der Waals surface area contributed by atoms with E-state index < -0.39 is 12.0 Å². The largest absolute Gasteiger partial charge is 0.467 e. The van der Waals surface area contributed by atoms with Gasteiger partial charge in [-0.25, -0.2) is 4.79 Å². The van der Waals surface area contributed by atoms with E-state index >= 15 is 0 Å². The van der Waals surface area contributed by atoms with Gasteiger partial charge >= 0.3 is 5.97 Å². The summed E-state index contributed by atoms with van der Waals surface area (Å²) in [6, 6.07) is 4.86. The van der Waals surface area contributed by atoms with Crippen molar-refractivity contribution in [3.63, 3.8) is 0 Å². The van der Waals surface area contributed by atoms with Crippen LogP contribution in [0.4, 0.5) is 0 Å². The van der Waals surface area contributed by atoms with E-state index in [1.165, 1.54) is 7.11 Å². The molecule has 3 unspecified atom stereocenters. The van der Waals surface area contributed by atoms with Gasteiger partial charge < -0.3 is 19.5 Å². The van der Waals surface area contributed by atoms with Gasteiger partial charge in [-0.2, -0.15) is 0 Å². The van der Waals surface area contributed by atoms with Crippen molar-refractivity contribution in [2.45, 2.75) is 38.3 Å². The molecule has 1 fully saturated rings. The Hall–Kier alpha value is -2.15. The third kappa shape index (κ3) is 3.92. The highest BCUT2D eigenvalue weighted by atomic mass is 16.5. The molecular weight excluding hydrogens is 322 g/mol. The highest BCUT2D eigenvalue weighted by Crippen LogP contribution is 2.34. The van der Waals surface area contributed by atoms with Crippen LogP contribution >= 0.6 is 0 Å². The van der Waals surface area contributed by atoms with Crippen LogP contribution in [0, 0.1) is 5.92 Å². The quantitative estimate of drug-likeness (QED) is 0.777. The lowest BCUT2D eigenvalue weighted by molar-refractivity contribution is -0.144. The van der Waals surface area contributed by atoms with E-state index in [4.69, 9.17) is 0 Å². The van der Waals surface area contributed by atoms with Crippen molar-refractivity contribution >= 4 is 11.9 Å². The van der Waals surface area contributed by atoms with Crippen LogP contribution in [-0.4, -0.2) is 54.1 Å². The lowest BCUT2D eigenvalue weighted by Crippen LogP contribution is -2.48. The minimum atomic E-state index is -0.628. The van der Waals surface area contributed by atoms with Gasteiger partial charge in [0.1, 0.15) is 6.04 Å². The van der Waals surface area contributed by atoms with Gasteiger partial charge in [0.2, 0.25) is 5.91 Å². The molecule has 1 amide bonds. The maximum absolute atomic E-state index is 12.0. The van der Waals surface area contributed by atoms with Crippen LogP contribution in [-0.2, 0) is 20.9 Å². The van der Waals surface area contributed by atoms with E-state index in [1.54, 1.807) is 13.0 Å². The molecule has 2 bridgehead atoms. The Labute approximate surface area is 147 Å². The Balaban J connectivity index is 1.56. The topological polar surface area (TPSA) is 80.6 Å². The van der Waals surface area contributed by atoms with E-state index in [1.807, 2.05) is 16.7 Å². The van der Waals surface area contributed by atoms with Crippen molar-refractivity contribution in [2.75, 3.05) is 26.7 Å². The molecule has 1 aromatic heterocycles. The molecule has 1 aromatic rings. The summed E-state index contributed by atoms with van der Waals surface area (Å²) in [7, 11) is 1.31. The molecule has 0 saturated carbocycles. The van der Waals surface area contributed by atoms with Gasteiger partial charge in [-0.05, 0) is 25.3 Å². The summed E-state index contributed by atoms with van der Waals surface area (Å²) < 4.78 is 6.51. The molecule has 2 aliphatic rings. The van der Waals surface area contributed by atoms with Crippen LogP contribution < -0.4 is 10.9 Å². The van der Waals surface area contributed by atoms with Gasteiger partial charge in [0.15, 0.2) is 0 Å². The number of methoxy groups -OCH3 is 1. The predicted molar refractivity (Wildman–Crippen MR) is 92.2 cm³/mol. The van der Waals surface area contributed by atoms with E-state index in [0.29, 0.717) is 24.8 Å². The molecule has 25 heavy (non-hydrogen) atoms. The van der Waals surface area contributed by atoms with E-state index in [2.05, 4.69) is 15.0 Å². The molecule has 3 atom stereocenters. The molecule has 7 nitrogen and oxygen atoms in total. The number of ether oxygens (including phenoxy) is 1. The van der Waals surface area contributed by atoms with Gasteiger partial charge in [-0.15, -0.1) is 0 Å². The van der Waals surface area contributed by atoms with Crippen LogP contribution in [0.25, 0.3) is 0 Å². The number of nitrogens with zero attached hydrogens (tertiary/aromatic N) is 2. The number of carbonyl (C=O) groups excluding carboxylic acids is 2. The zero-order chi connectivity index (χ0) is 18.0. The second-order valence-corrected chi connectivity index (χ2v) is 7.02. The Morgan fingerprint density at radius 2 is 2.12 bits per heavy atom. The molecule has 0 radical (unpaired) electrons. The summed E-state index contributed by atoms with van der Waals surface area (Å²) in [5.41, 5.74) is 1.19.